The highest BCUT2D eigenvalue weighted by Gasteiger charge is 2.17. The van der Waals surface area contributed by atoms with Crippen molar-refractivity contribution in [1.82, 2.24) is 5.32 Å². The molecule has 82 valence electrons. The normalized spacial score (nSPS) is 20.3. The van der Waals surface area contributed by atoms with Gasteiger partial charge >= 0.3 is 0 Å². The highest BCUT2D eigenvalue weighted by Crippen LogP contribution is 2.29. The Labute approximate surface area is 90.4 Å². The Kier molecular flexibility index (Phi) is 3.11. The molecule has 0 aliphatic carbocycles. The van der Waals surface area contributed by atoms with E-state index in [-0.39, 0.29) is 6.10 Å². The van der Waals surface area contributed by atoms with E-state index in [9.17, 15) is 0 Å². The molecule has 1 saturated heterocycles. The van der Waals surface area contributed by atoms with Gasteiger partial charge in [0.2, 0.25) is 0 Å². The summed E-state index contributed by atoms with van der Waals surface area (Å²) in [5, 5.41) is 3.28. The van der Waals surface area contributed by atoms with Crippen LogP contribution in [0.1, 0.15) is 12.0 Å². The highest BCUT2D eigenvalue weighted by molar-refractivity contribution is 5.42. The number of hydrogen-bond donors (Lipinski definition) is 1. The maximum atomic E-state index is 5.86. The molecule has 0 radical (unpaired) electrons. The molecule has 1 aliphatic heterocycles. The van der Waals surface area contributed by atoms with Crippen LogP contribution < -0.4 is 14.8 Å². The van der Waals surface area contributed by atoms with E-state index < -0.39 is 0 Å². The first-order valence-corrected chi connectivity index (χ1v) is 5.31. The first kappa shape index (κ1) is 10.3. The van der Waals surface area contributed by atoms with Crippen LogP contribution in [0.3, 0.4) is 0 Å². The minimum Gasteiger partial charge on any atom is -0.493 e. The van der Waals surface area contributed by atoms with Gasteiger partial charge < -0.3 is 14.8 Å². The van der Waals surface area contributed by atoms with E-state index in [1.807, 2.05) is 25.1 Å². The third-order valence-electron chi connectivity index (χ3n) is 2.63. The van der Waals surface area contributed by atoms with Crippen LogP contribution in [0, 0.1) is 6.92 Å². The van der Waals surface area contributed by atoms with Crippen molar-refractivity contribution in [1.29, 1.82) is 0 Å². The summed E-state index contributed by atoms with van der Waals surface area (Å²) in [5.41, 5.74) is 1.18. The molecular formula is C12H17NO2. The lowest BCUT2D eigenvalue weighted by molar-refractivity contribution is 0.212. The standard InChI is InChI=1S/C12H17NO2/c1-9-3-4-11(12(7-9)14-2)15-10-5-6-13-8-10/h3-4,7,10,13H,5-6,8H2,1-2H3/t10-/m1/s1. The maximum Gasteiger partial charge on any atom is 0.161 e. The Morgan fingerprint density at radius 2 is 2.20 bits per heavy atom. The molecule has 0 saturated carbocycles. The van der Waals surface area contributed by atoms with Crippen LogP contribution in [0.2, 0.25) is 0 Å². The van der Waals surface area contributed by atoms with Crippen LogP contribution in [0.4, 0.5) is 0 Å². The van der Waals surface area contributed by atoms with Gasteiger partial charge in [0.05, 0.1) is 7.11 Å². The van der Waals surface area contributed by atoms with E-state index in [0.29, 0.717) is 0 Å². The lowest BCUT2D eigenvalue weighted by Crippen LogP contribution is -2.19. The minimum absolute atomic E-state index is 0.279. The van der Waals surface area contributed by atoms with Crippen LogP contribution in [0.25, 0.3) is 0 Å². The molecule has 1 heterocycles. The SMILES string of the molecule is COc1cc(C)ccc1O[C@@H]1CCNC1. The number of benzene rings is 1. The number of rotatable bonds is 3. The summed E-state index contributed by atoms with van der Waals surface area (Å²) < 4.78 is 11.2. The largest absolute Gasteiger partial charge is 0.493 e. The van der Waals surface area contributed by atoms with Crippen molar-refractivity contribution in [2.75, 3.05) is 20.2 Å². The summed E-state index contributed by atoms with van der Waals surface area (Å²) in [4.78, 5) is 0. The first-order chi connectivity index (χ1) is 7.29. The summed E-state index contributed by atoms with van der Waals surface area (Å²) in [6, 6.07) is 6.02. The van der Waals surface area contributed by atoms with Crippen LogP contribution in [0.15, 0.2) is 18.2 Å². The Morgan fingerprint density at radius 3 is 2.87 bits per heavy atom. The zero-order valence-electron chi connectivity index (χ0n) is 9.25. The molecule has 3 nitrogen and oxygen atoms in total. The van der Waals surface area contributed by atoms with Crippen LogP contribution in [0.5, 0.6) is 11.5 Å². The molecule has 1 atom stereocenters. The summed E-state index contributed by atoms with van der Waals surface area (Å²) >= 11 is 0. The molecule has 0 unspecified atom stereocenters. The van der Waals surface area contributed by atoms with Crippen molar-refractivity contribution in [3.8, 4) is 11.5 Å². The molecule has 0 bridgehead atoms. The lowest BCUT2D eigenvalue weighted by Gasteiger charge is -2.15. The van der Waals surface area contributed by atoms with Crippen molar-refractivity contribution in [3.63, 3.8) is 0 Å². The van der Waals surface area contributed by atoms with Gasteiger partial charge in [-0.3, -0.25) is 0 Å². The van der Waals surface area contributed by atoms with Gasteiger partial charge in [-0.05, 0) is 37.6 Å². The summed E-state index contributed by atoms with van der Waals surface area (Å²) in [7, 11) is 1.68. The van der Waals surface area contributed by atoms with E-state index in [1.165, 1.54) is 5.56 Å². The van der Waals surface area contributed by atoms with Gasteiger partial charge in [-0.2, -0.15) is 0 Å². The van der Waals surface area contributed by atoms with Gasteiger partial charge in [0.15, 0.2) is 11.5 Å². The van der Waals surface area contributed by atoms with E-state index >= 15 is 0 Å². The second-order valence-electron chi connectivity index (χ2n) is 3.89. The summed E-state index contributed by atoms with van der Waals surface area (Å²) in [6.45, 7) is 4.01. The molecule has 0 aromatic heterocycles. The van der Waals surface area contributed by atoms with Crippen LogP contribution in [-0.4, -0.2) is 26.3 Å². The Hall–Kier alpha value is -1.22. The average molecular weight is 207 g/mol. The Balaban J connectivity index is 2.12. The molecule has 3 heteroatoms. The van der Waals surface area contributed by atoms with Crippen molar-refractivity contribution in [2.24, 2.45) is 0 Å². The molecule has 0 amide bonds. The predicted octanol–water partition coefficient (Wildman–Crippen LogP) is 1.74. The van der Waals surface area contributed by atoms with Gasteiger partial charge in [0.1, 0.15) is 6.10 Å². The molecular weight excluding hydrogens is 190 g/mol. The van der Waals surface area contributed by atoms with Crippen molar-refractivity contribution >= 4 is 0 Å². The average Bonchev–Trinajstić information content (AvgIpc) is 2.73. The molecule has 15 heavy (non-hydrogen) atoms. The van der Waals surface area contributed by atoms with E-state index in [1.54, 1.807) is 7.11 Å². The minimum atomic E-state index is 0.279. The second-order valence-corrected chi connectivity index (χ2v) is 3.89. The molecule has 0 spiro atoms. The number of aryl methyl sites for hydroxylation is 1. The highest BCUT2D eigenvalue weighted by atomic mass is 16.5. The molecule has 1 aromatic carbocycles. The number of ether oxygens (including phenoxy) is 2. The maximum absolute atomic E-state index is 5.86. The van der Waals surface area contributed by atoms with Crippen molar-refractivity contribution < 1.29 is 9.47 Å². The van der Waals surface area contributed by atoms with Crippen molar-refractivity contribution in [2.45, 2.75) is 19.4 Å². The topological polar surface area (TPSA) is 30.5 Å². The predicted molar refractivity (Wildman–Crippen MR) is 59.6 cm³/mol. The van der Waals surface area contributed by atoms with Crippen LogP contribution in [-0.2, 0) is 0 Å². The summed E-state index contributed by atoms with van der Waals surface area (Å²) in [5.74, 6) is 1.67. The fourth-order valence-corrected chi connectivity index (χ4v) is 1.78. The van der Waals surface area contributed by atoms with Gasteiger partial charge in [-0.25, -0.2) is 0 Å². The Morgan fingerprint density at radius 1 is 1.33 bits per heavy atom. The smallest absolute Gasteiger partial charge is 0.161 e. The van der Waals surface area contributed by atoms with Gasteiger partial charge in [-0.15, -0.1) is 0 Å². The molecule has 1 aliphatic rings. The van der Waals surface area contributed by atoms with Crippen molar-refractivity contribution in [3.05, 3.63) is 23.8 Å². The third kappa shape index (κ3) is 2.42. The molecule has 2 rings (SSSR count). The van der Waals surface area contributed by atoms with Gasteiger partial charge in [0, 0.05) is 6.54 Å². The summed E-state index contributed by atoms with van der Waals surface area (Å²) in [6.07, 6.45) is 1.35. The lowest BCUT2D eigenvalue weighted by atomic mass is 10.2. The third-order valence-corrected chi connectivity index (χ3v) is 2.63. The quantitative estimate of drug-likeness (QED) is 0.819. The van der Waals surface area contributed by atoms with Gasteiger partial charge in [0.25, 0.3) is 0 Å². The Bertz CT molecular complexity index is 332. The van der Waals surface area contributed by atoms with Crippen LogP contribution >= 0.6 is 0 Å². The number of methoxy groups -OCH3 is 1. The first-order valence-electron chi connectivity index (χ1n) is 5.31. The number of nitrogens with one attached hydrogen (secondary N) is 1. The molecule has 1 aromatic rings. The molecule has 1 fully saturated rings. The van der Waals surface area contributed by atoms with E-state index in [4.69, 9.17) is 9.47 Å². The monoisotopic (exact) mass is 207 g/mol. The van der Waals surface area contributed by atoms with E-state index in [2.05, 4.69) is 5.32 Å². The fourth-order valence-electron chi connectivity index (χ4n) is 1.78. The second kappa shape index (κ2) is 4.53. The fraction of sp³-hybridized carbons (Fsp3) is 0.500. The van der Waals surface area contributed by atoms with E-state index in [0.717, 1.165) is 31.0 Å². The number of hydrogen-bond acceptors (Lipinski definition) is 3. The zero-order chi connectivity index (χ0) is 10.7. The zero-order valence-corrected chi connectivity index (χ0v) is 9.25. The molecule has 1 N–H and O–H groups in total. The van der Waals surface area contributed by atoms with Gasteiger partial charge in [-0.1, -0.05) is 6.07 Å².